The first kappa shape index (κ1) is 19.6. The monoisotopic (exact) mass is 428 g/mol. The maximum Gasteiger partial charge on any atom is 0.244 e. The number of likely N-dealkylation sites (N-methyl/N-ethyl adjacent to an activating group) is 1. The van der Waals surface area contributed by atoms with E-state index in [2.05, 4.69) is 21.2 Å². The molecule has 0 fully saturated rings. The molecule has 0 N–H and O–H groups in total. The van der Waals surface area contributed by atoms with Crippen LogP contribution in [0.2, 0.25) is 5.02 Å². The Bertz CT molecular complexity index is 1160. The number of aryl methyl sites for hydroxylation is 2. The van der Waals surface area contributed by atoms with Gasteiger partial charge in [-0.3, -0.25) is 9.48 Å². The Kier molecular flexibility index (Phi) is 5.38. The molecule has 4 aromatic heterocycles. The molecule has 0 spiro atoms. The van der Waals surface area contributed by atoms with Crippen molar-refractivity contribution >= 4 is 39.9 Å². The molecule has 9 heteroatoms. The lowest BCUT2D eigenvalue weighted by atomic mass is 10.1. The maximum atomic E-state index is 12.9. The minimum absolute atomic E-state index is 0.0716. The molecule has 0 aliphatic heterocycles. The molecule has 4 aromatic rings. The summed E-state index contributed by atoms with van der Waals surface area (Å²) in [5.41, 5.74) is 3.49. The van der Waals surface area contributed by atoms with Gasteiger partial charge in [0.25, 0.3) is 0 Å². The summed E-state index contributed by atoms with van der Waals surface area (Å²) < 4.78 is 3.48. The highest BCUT2D eigenvalue weighted by molar-refractivity contribution is 7.13. The van der Waals surface area contributed by atoms with Gasteiger partial charge in [0.1, 0.15) is 6.54 Å². The lowest BCUT2D eigenvalue weighted by Gasteiger charge is -2.18. The van der Waals surface area contributed by atoms with Gasteiger partial charge in [-0.05, 0) is 31.4 Å². The van der Waals surface area contributed by atoms with Crippen molar-refractivity contribution in [1.82, 2.24) is 29.4 Å². The van der Waals surface area contributed by atoms with E-state index in [9.17, 15) is 4.79 Å². The Labute approximate surface area is 177 Å². The number of hydrogen-bond donors (Lipinski definition) is 0. The van der Waals surface area contributed by atoms with Gasteiger partial charge < -0.3 is 4.90 Å². The number of nitrogens with zero attached hydrogens (tertiary/aromatic N) is 6. The third-order valence-electron chi connectivity index (χ3n) is 4.89. The zero-order valence-electron chi connectivity index (χ0n) is 16.5. The highest BCUT2D eigenvalue weighted by atomic mass is 35.5. The summed E-state index contributed by atoms with van der Waals surface area (Å²) in [5.74, 6) is -0.0716. The van der Waals surface area contributed by atoms with E-state index in [0.717, 1.165) is 27.2 Å². The number of thiophene rings is 1. The van der Waals surface area contributed by atoms with Crippen LogP contribution >= 0.6 is 22.9 Å². The van der Waals surface area contributed by atoms with Crippen molar-refractivity contribution in [2.75, 3.05) is 7.05 Å². The molecular formula is C20H21ClN6OS. The number of amides is 1. The van der Waals surface area contributed by atoms with Crippen LogP contribution in [-0.4, -0.2) is 42.4 Å². The smallest absolute Gasteiger partial charge is 0.244 e. The molecule has 0 radical (unpaired) electrons. The van der Waals surface area contributed by atoms with Crippen molar-refractivity contribution in [3.05, 3.63) is 52.4 Å². The zero-order chi connectivity index (χ0) is 20.5. The van der Waals surface area contributed by atoms with Crippen LogP contribution in [0, 0.1) is 6.92 Å². The normalized spacial score (nSPS) is 11.3. The predicted molar refractivity (Wildman–Crippen MR) is 115 cm³/mol. The number of aromatic nitrogens is 5. The molecule has 4 heterocycles. The van der Waals surface area contributed by atoms with Gasteiger partial charge in [-0.1, -0.05) is 17.7 Å². The number of hydrogen-bond acceptors (Lipinski definition) is 5. The second kappa shape index (κ2) is 7.96. The molecule has 0 saturated carbocycles. The first-order valence-corrected chi connectivity index (χ1v) is 10.6. The van der Waals surface area contributed by atoms with Crippen LogP contribution in [0.25, 0.3) is 21.5 Å². The van der Waals surface area contributed by atoms with Gasteiger partial charge in [-0.25, -0.2) is 9.67 Å². The fourth-order valence-electron chi connectivity index (χ4n) is 3.41. The molecule has 0 aliphatic rings. The van der Waals surface area contributed by atoms with E-state index in [-0.39, 0.29) is 12.5 Å². The van der Waals surface area contributed by atoms with E-state index >= 15 is 0 Å². The van der Waals surface area contributed by atoms with Gasteiger partial charge in [0.15, 0.2) is 5.65 Å². The van der Waals surface area contributed by atoms with Crippen LogP contribution in [0.1, 0.15) is 18.3 Å². The summed E-state index contributed by atoms with van der Waals surface area (Å²) in [7, 11) is 1.76. The van der Waals surface area contributed by atoms with Gasteiger partial charge in [-0.2, -0.15) is 10.2 Å². The highest BCUT2D eigenvalue weighted by Gasteiger charge is 2.19. The summed E-state index contributed by atoms with van der Waals surface area (Å²) in [6.45, 7) is 5.13. The van der Waals surface area contributed by atoms with Crippen molar-refractivity contribution in [1.29, 1.82) is 0 Å². The van der Waals surface area contributed by atoms with Crippen LogP contribution in [0.15, 0.2) is 36.0 Å². The van der Waals surface area contributed by atoms with Gasteiger partial charge in [0.2, 0.25) is 5.91 Å². The fraction of sp³-hybridized carbons (Fsp3) is 0.300. The molecule has 29 heavy (non-hydrogen) atoms. The Morgan fingerprint density at radius 2 is 2.14 bits per heavy atom. The van der Waals surface area contributed by atoms with Gasteiger partial charge in [0, 0.05) is 30.2 Å². The Morgan fingerprint density at radius 3 is 2.86 bits per heavy atom. The molecule has 1 amide bonds. The number of halogens is 1. The standard InChI is InChI=1S/C20H21ClN6OS/c1-4-26-16(15(21)10-23-26)11-25(3)18(28)12-27-20-19(13(2)24-27)14(7-8-22-20)17-6-5-9-29-17/h5-10H,4,11-12H2,1-3H3. The molecule has 150 valence electrons. The second-order valence-corrected chi connectivity index (χ2v) is 8.14. The van der Waals surface area contributed by atoms with Crippen molar-refractivity contribution in [2.24, 2.45) is 0 Å². The average molecular weight is 429 g/mol. The predicted octanol–water partition coefficient (Wildman–Crippen LogP) is 4.00. The van der Waals surface area contributed by atoms with E-state index in [4.69, 9.17) is 11.6 Å². The van der Waals surface area contributed by atoms with E-state index in [0.29, 0.717) is 23.8 Å². The number of rotatable bonds is 6. The number of carbonyl (C=O) groups excluding carboxylic acids is 1. The Hall–Kier alpha value is -2.71. The molecule has 4 rings (SSSR count). The summed E-state index contributed by atoms with van der Waals surface area (Å²) in [6.07, 6.45) is 3.38. The van der Waals surface area contributed by atoms with E-state index in [1.807, 2.05) is 31.4 Å². The molecule has 0 bridgehead atoms. The summed E-state index contributed by atoms with van der Waals surface area (Å²) in [5, 5.41) is 12.4. The zero-order valence-corrected chi connectivity index (χ0v) is 18.0. The molecule has 0 aliphatic carbocycles. The Balaban J connectivity index is 1.60. The summed E-state index contributed by atoms with van der Waals surface area (Å²) in [4.78, 5) is 20.2. The minimum Gasteiger partial charge on any atom is -0.338 e. The van der Waals surface area contributed by atoms with Crippen molar-refractivity contribution in [3.8, 4) is 10.4 Å². The molecule has 0 atom stereocenters. The fourth-order valence-corrected chi connectivity index (χ4v) is 4.37. The molecule has 0 unspecified atom stereocenters. The minimum atomic E-state index is -0.0716. The first-order valence-electron chi connectivity index (χ1n) is 9.29. The third kappa shape index (κ3) is 3.65. The number of fused-ring (bicyclic) bond motifs is 1. The topological polar surface area (TPSA) is 68.8 Å². The van der Waals surface area contributed by atoms with Crippen LogP contribution in [0.5, 0.6) is 0 Å². The SMILES string of the molecule is CCn1ncc(Cl)c1CN(C)C(=O)Cn1nc(C)c2c(-c3cccs3)ccnc21. The van der Waals surface area contributed by atoms with E-state index < -0.39 is 0 Å². The lowest BCUT2D eigenvalue weighted by Crippen LogP contribution is -2.31. The third-order valence-corrected chi connectivity index (χ3v) is 6.11. The molecular weight excluding hydrogens is 408 g/mol. The van der Waals surface area contributed by atoms with Crippen molar-refractivity contribution in [2.45, 2.75) is 33.5 Å². The number of pyridine rings is 1. The van der Waals surface area contributed by atoms with E-state index in [1.165, 1.54) is 0 Å². The van der Waals surface area contributed by atoms with Crippen LogP contribution in [-0.2, 0) is 24.4 Å². The quantitative estimate of drug-likeness (QED) is 0.465. The van der Waals surface area contributed by atoms with Gasteiger partial charge >= 0.3 is 0 Å². The van der Waals surface area contributed by atoms with Crippen molar-refractivity contribution < 1.29 is 4.79 Å². The second-order valence-electron chi connectivity index (χ2n) is 6.78. The first-order chi connectivity index (χ1) is 14.0. The van der Waals surface area contributed by atoms with Gasteiger partial charge in [0.05, 0.1) is 34.5 Å². The van der Waals surface area contributed by atoms with Crippen LogP contribution in [0.3, 0.4) is 0 Å². The van der Waals surface area contributed by atoms with E-state index in [1.54, 1.807) is 45.0 Å². The maximum absolute atomic E-state index is 12.9. The highest BCUT2D eigenvalue weighted by Crippen LogP contribution is 2.32. The average Bonchev–Trinajstić information content (AvgIpc) is 3.43. The van der Waals surface area contributed by atoms with Gasteiger partial charge in [-0.15, -0.1) is 11.3 Å². The Morgan fingerprint density at radius 1 is 1.31 bits per heavy atom. The van der Waals surface area contributed by atoms with Crippen molar-refractivity contribution in [3.63, 3.8) is 0 Å². The van der Waals surface area contributed by atoms with Crippen LogP contribution in [0.4, 0.5) is 0 Å². The van der Waals surface area contributed by atoms with Crippen LogP contribution < -0.4 is 0 Å². The molecule has 7 nitrogen and oxygen atoms in total. The number of carbonyl (C=O) groups is 1. The molecule has 0 saturated heterocycles. The molecule has 0 aromatic carbocycles. The lowest BCUT2D eigenvalue weighted by molar-refractivity contribution is -0.131. The summed E-state index contributed by atoms with van der Waals surface area (Å²) >= 11 is 7.91. The largest absolute Gasteiger partial charge is 0.338 e. The summed E-state index contributed by atoms with van der Waals surface area (Å²) in [6, 6.07) is 6.10.